The molecule has 0 saturated heterocycles. The lowest BCUT2D eigenvalue weighted by Crippen LogP contribution is -2.08. The SMILES string of the molecule is COC(=O)c1nc(C)sc1-n1c(C)ccc1C. The van der Waals surface area contributed by atoms with E-state index >= 15 is 0 Å². The van der Waals surface area contributed by atoms with Crippen LogP contribution in [0.4, 0.5) is 0 Å². The number of carbonyl (C=O) groups excluding carboxylic acids is 1. The first-order valence-corrected chi connectivity index (χ1v) is 6.07. The summed E-state index contributed by atoms with van der Waals surface area (Å²) in [6.07, 6.45) is 0. The predicted molar refractivity (Wildman–Crippen MR) is 67.0 cm³/mol. The van der Waals surface area contributed by atoms with E-state index in [1.165, 1.54) is 18.4 Å². The number of esters is 1. The van der Waals surface area contributed by atoms with Gasteiger partial charge in [-0.25, -0.2) is 9.78 Å². The van der Waals surface area contributed by atoms with E-state index in [1.807, 2.05) is 37.5 Å². The largest absolute Gasteiger partial charge is 0.464 e. The van der Waals surface area contributed by atoms with Crippen molar-refractivity contribution in [2.45, 2.75) is 20.8 Å². The van der Waals surface area contributed by atoms with E-state index in [9.17, 15) is 4.79 Å². The molecule has 2 rings (SSSR count). The molecule has 17 heavy (non-hydrogen) atoms. The lowest BCUT2D eigenvalue weighted by molar-refractivity contribution is 0.0595. The first-order chi connectivity index (χ1) is 8.04. The summed E-state index contributed by atoms with van der Waals surface area (Å²) >= 11 is 1.50. The van der Waals surface area contributed by atoms with Crippen LogP contribution >= 0.6 is 11.3 Å². The lowest BCUT2D eigenvalue weighted by atomic mass is 10.4. The Morgan fingerprint density at radius 3 is 2.41 bits per heavy atom. The van der Waals surface area contributed by atoms with Gasteiger partial charge in [-0.05, 0) is 32.9 Å². The normalized spacial score (nSPS) is 10.6. The summed E-state index contributed by atoms with van der Waals surface area (Å²) < 4.78 is 6.78. The van der Waals surface area contributed by atoms with Crippen LogP contribution in [0.1, 0.15) is 26.9 Å². The van der Waals surface area contributed by atoms with Gasteiger partial charge < -0.3 is 9.30 Å². The minimum atomic E-state index is -0.392. The van der Waals surface area contributed by atoms with Crippen molar-refractivity contribution in [2.24, 2.45) is 0 Å². The van der Waals surface area contributed by atoms with Crippen molar-refractivity contribution >= 4 is 17.3 Å². The summed E-state index contributed by atoms with van der Waals surface area (Å²) in [6, 6.07) is 4.04. The van der Waals surface area contributed by atoms with Crippen LogP contribution in [0.2, 0.25) is 0 Å². The number of hydrogen-bond acceptors (Lipinski definition) is 4. The fraction of sp³-hybridized carbons (Fsp3) is 0.333. The molecule has 0 amide bonds. The zero-order valence-electron chi connectivity index (χ0n) is 10.3. The van der Waals surface area contributed by atoms with E-state index in [0.29, 0.717) is 5.69 Å². The molecule has 2 heterocycles. The van der Waals surface area contributed by atoms with Gasteiger partial charge in [0.05, 0.1) is 12.1 Å². The molecule has 0 aliphatic carbocycles. The molecule has 0 fully saturated rings. The molecule has 2 aromatic rings. The molecule has 0 aromatic carbocycles. The molecule has 0 radical (unpaired) electrons. The van der Waals surface area contributed by atoms with Crippen molar-refractivity contribution in [3.63, 3.8) is 0 Å². The zero-order valence-corrected chi connectivity index (χ0v) is 11.1. The Kier molecular flexibility index (Phi) is 3.02. The molecule has 0 unspecified atom stereocenters. The van der Waals surface area contributed by atoms with Crippen LogP contribution < -0.4 is 0 Å². The molecule has 4 nitrogen and oxygen atoms in total. The van der Waals surface area contributed by atoms with Gasteiger partial charge in [-0.3, -0.25) is 0 Å². The van der Waals surface area contributed by atoms with Gasteiger partial charge >= 0.3 is 5.97 Å². The molecule has 90 valence electrons. The molecule has 0 aliphatic rings. The Balaban J connectivity index is 2.63. The number of thiazole rings is 1. The standard InChI is InChI=1S/C12H14N2O2S/c1-7-5-6-8(2)14(7)11-10(12(15)16-4)13-9(3)17-11/h5-6H,1-4H3. The maximum absolute atomic E-state index is 11.7. The lowest BCUT2D eigenvalue weighted by Gasteiger charge is -2.07. The molecular formula is C12H14N2O2S. The topological polar surface area (TPSA) is 44.1 Å². The Morgan fingerprint density at radius 2 is 1.88 bits per heavy atom. The van der Waals surface area contributed by atoms with Gasteiger partial charge in [-0.15, -0.1) is 11.3 Å². The van der Waals surface area contributed by atoms with Gasteiger partial charge in [0.2, 0.25) is 0 Å². The summed E-state index contributed by atoms with van der Waals surface area (Å²) in [5.41, 5.74) is 2.55. The summed E-state index contributed by atoms with van der Waals surface area (Å²) in [4.78, 5) is 15.9. The number of methoxy groups -OCH3 is 1. The van der Waals surface area contributed by atoms with E-state index in [2.05, 4.69) is 4.98 Å². The summed E-state index contributed by atoms with van der Waals surface area (Å²) in [6.45, 7) is 5.89. The minimum Gasteiger partial charge on any atom is -0.464 e. The number of hydrogen-bond donors (Lipinski definition) is 0. The van der Waals surface area contributed by atoms with Gasteiger partial charge in [-0.2, -0.15) is 0 Å². The smallest absolute Gasteiger partial charge is 0.359 e. The molecule has 2 aromatic heterocycles. The molecular weight excluding hydrogens is 236 g/mol. The first-order valence-electron chi connectivity index (χ1n) is 5.25. The fourth-order valence-corrected chi connectivity index (χ4v) is 2.81. The summed E-state index contributed by atoms with van der Waals surface area (Å²) in [5, 5.41) is 1.68. The van der Waals surface area contributed by atoms with Crippen molar-refractivity contribution in [3.8, 4) is 5.00 Å². The van der Waals surface area contributed by atoms with Crippen LogP contribution in [0.15, 0.2) is 12.1 Å². The highest BCUT2D eigenvalue weighted by Crippen LogP contribution is 2.26. The van der Waals surface area contributed by atoms with Crippen molar-refractivity contribution in [3.05, 3.63) is 34.2 Å². The average molecular weight is 250 g/mol. The van der Waals surface area contributed by atoms with Crippen molar-refractivity contribution in [2.75, 3.05) is 7.11 Å². The predicted octanol–water partition coefficient (Wildman–Crippen LogP) is 2.65. The van der Waals surface area contributed by atoms with E-state index < -0.39 is 5.97 Å². The van der Waals surface area contributed by atoms with Crippen LogP contribution in [-0.4, -0.2) is 22.6 Å². The Hall–Kier alpha value is -1.62. The molecule has 5 heteroatoms. The van der Waals surface area contributed by atoms with E-state index in [4.69, 9.17) is 4.74 Å². The maximum Gasteiger partial charge on any atom is 0.359 e. The van der Waals surface area contributed by atoms with Crippen LogP contribution in [0.3, 0.4) is 0 Å². The molecule has 0 atom stereocenters. The van der Waals surface area contributed by atoms with Gasteiger partial charge in [-0.1, -0.05) is 0 Å². The average Bonchev–Trinajstić information content (AvgIpc) is 2.81. The van der Waals surface area contributed by atoms with Crippen LogP contribution in [0.5, 0.6) is 0 Å². The number of aromatic nitrogens is 2. The highest BCUT2D eigenvalue weighted by Gasteiger charge is 2.20. The van der Waals surface area contributed by atoms with E-state index in [1.54, 1.807) is 0 Å². The third-order valence-electron chi connectivity index (χ3n) is 2.57. The van der Waals surface area contributed by atoms with Crippen LogP contribution in [0, 0.1) is 20.8 Å². The fourth-order valence-electron chi connectivity index (χ4n) is 1.79. The van der Waals surface area contributed by atoms with Crippen molar-refractivity contribution in [1.82, 2.24) is 9.55 Å². The van der Waals surface area contributed by atoms with Crippen LogP contribution in [0.25, 0.3) is 5.00 Å². The molecule has 0 aliphatic heterocycles. The number of aryl methyl sites for hydroxylation is 3. The number of rotatable bonds is 2. The third kappa shape index (κ3) is 1.98. The molecule has 0 bridgehead atoms. The van der Waals surface area contributed by atoms with Crippen LogP contribution in [-0.2, 0) is 4.74 Å². The maximum atomic E-state index is 11.7. The summed E-state index contributed by atoms with van der Waals surface area (Å²) in [7, 11) is 1.37. The summed E-state index contributed by atoms with van der Waals surface area (Å²) in [5.74, 6) is -0.392. The highest BCUT2D eigenvalue weighted by molar-refractivity contribution is 7.14. The number of nitrogens with zero attached hydrogens (tertiary/aromatic N) is 2. The first kappa shape index (κ1) is 11.9. The van der Waals surface area contributed by atoms with Crippen molar-refractivity contribution < 1.29 is 9.53 Å². The minimum absolute atomic E-state index is 0.386. The quantitative estimate of drug-likeness (QED) is 0.770. The van der Waals surface area contributed by atoms with Gasteiger partial charge in [0, 0.05) is 11.4 Å². The molecule has 0 saturated carbocycles. The Labute approximate surface area is 104 Å². The van der Waals surface area contributed by atoms with E-state index in [-0.39, 0.29) is 0 Å². The molecule has 0 N–H and O–H groups in total. The van der Waals surface area contributed by atoms with Gasteiger partial charge in [0.1, 0.15) is 5.00 Å². The molecule has 0 spiro atoms. The van der Waals surface area contributed by atoms with Gasteiger partial charge in [0.25, 0.3) is 0 Å². The van der Waals surface area contributed by atoms with E-state index in [0.717, 1.165) is 21.4 Å². The Bertz CT molecular complexity index is 550. The van der Waals surface area contributed by atoms with Crippen molar-refractivity contribution in [1.29, 1.82) is 0 Å². The monoisotopic (exact) mass is 250 g/mol. The highest BCUT2D eigenvalue weighted by atomic mass is 32.1. The Morgan fingerprint density at radius 1 is 1.29 bits per heavy atom. The second kappa shape index (κ2) is 4.33. The number of carbonyl (C=O) groups is 1. The second-order valence-corrected chi connectivity index (χ2v) is 5.01. The zero-order chi connectivity index (χ0) is 12.6. The van der Waals surface area contributed by atoms with Gasteiger partial charge in [0.15, 0.2) is 5.69 Å². The third-order valence-corrected chi connectivity index (χ3v) is 3.53. The number of ether oxygens (including phenoxy) is 1. The second-order valence-electron chi connectivity index (χ2n) is 3.83.